The molecule has 1 N–H and O–H groups in total. The Kier molecular flexibility index (Phi) is 6.13. The lowest BCUT2D eigenvalue weighted by atomic mass is 10.1. The second kappa shape index (κ2) is 8.11. The molecule has 0 aliphatic carbocycles. The van der Waals surface area contributed by atoms with Crippen molar-refractivity contribution < 1.29 is 0 Å². The van der Waals surface area contributed by atoms with Gasteiger partial charge in [-0.3, -0.25) is 0 Å². The number of nitrogens with one attached hydrogen (secondary N) is 1. The zero-order chi connectivity index (χ0) is 14.2. The molecule has 2 heteroatoms. The third-order valence-electron chi connectivity index (χ3n) is 3.50. The number of unbranched alkanes of at least 4 members (excludes halogenated alkanes) is 1. The SMILES string of the molecule is CCc1cc(Br)ccc1NCCCCc1ccccc1. The molecule has 0 saturated carbocycles. The van der Waals surface area contributed by atoms with E-state index in [2.05, 4.69) is 76.7 Å². The summed E-state index contributed by atoms with van der Waals surface area (Å²) in [7, 11) is 0. The normalized spacial score (nSPS) is 10.5. The lowest BCUT2D eigenvalue weighted by molar-refractivity contribution is 0.762. The van der Waals surface area contributed by atoms with Crippen LogP contribution in [0.15, 0.2) is 53.0 Å². The van der Waals surface area contributed by atoms with Crippen LogP contribution in [0.3, 0.4) is 0 Å². The molecule has 2 aromatic rings. The molecule has 0 fully saturated rings. The lowest BCUT2D eigenvalue weighted by Crippen LogP contribution is -2.04. The zero-order valence-corrected chi connectivity index (χ0v) is 13.6. The lowest BCUT2D eigenvalue weighted by Gasteiger charge is -2.11. The highest BCUT2D eigenvalue weighted by Crippen LogP contribution is 2.21. The van der Waals surface area contributed by atoms with Gasteiger partial charge in [0.15, 0.2) is 0 Å². The van der Waals surface area contributed by atoms with E-state index in [9.17, 15) is 0 Å². The molecule has 20 heavy (non-hydrogen) atoms. The monoisotopic (exact) mass is 331 g/mol. The van der Waals surface area contributed by atoms with Crippen LogP contribution in [0.2, 0.25) is 0 Å². The van der Waals surface area contributed by atoms with Crippen LogP contribution in [0.5, 0.6) is 0 Å². The molecule has 0 atom stereocenters. The third-order valence-corrected chi connectivity index (χ3v) is 3.99. The molecule has 106 valence electrons. The molecule has 0 heterocycles. The van der Waals surface area contributed by atoms with Crippen LogP contribution < -0.4 is 5.32 Å². The molecule has 1 nitrogen and oxygen atoms in total. The molecule has 0 spiro atoms. The molecule has 0 saturated heterocycles. The molecule has 2 aromatic carbocycles. The Morgan fingerprint density at radius 1 is 1.00 bits per heavy atom. The number of halogens is 1. The third kappa shape index (κ3) is 4.68. The van der Waals surface area contributed by atoms with Gasteiger partial charge >= 0.3 is 0 Å². The van der Waals surface area contributed by atoms with Gasteiger partial charge in [0.05, 0.1) is 0 Å². The second-order valence-corrected chi connectivity index (χ2v) is 5.94. The summed E-state index contributed by atoms with van der Waals surface area (Å²) in [4.78, 5) is 0. The number of anilines is 1. The number of aryl methyl sites for hydroxylation is 2. The van der Waals surface area contributed by atoms with E-state index in [-0.39, 0.29) is 0 Å². The fourth-order valence-electron chi connectivity index (χ4n) is 2.35. The molecular weight excluding hydrogens is 310 g/mol. The van der Waals surface area contributed by atoms with Gasteiger partial charge in [-0.15, -0.1) is 0 Å². The Labute approximate surface area is 130 Å². The van der Waals surface area contributed by atoms with E-state index in [1.165, 1.54) is 36.1 Å². The van der Waals surface area contributed by atoms with Crippen LogP contribution >= 0.6 is 15.9 Å². The first-order valence-corrected chi connectivity index (χ1v) is 8.15. The first-order valence-electron chi connectivity index (χ1n) is 7.36. The molecule has 0 aliphatic heterocycles. The Balaban J connectivity index is 1.73. The Bertz CT molecular complexity index is 522. The van der Waals surface area contributed by atoms with Gasteiger partial charge < -0.3 is 5.32 Å². The van der Waals surface area contributed by atoms with Crippen LogP contribution in [0.4, 0.5) is 5.69 Å². The van der Waals surface area contributed by atoms with Crippen molar-refractivity contribution in [3.8, 4) is 0 Å². The van der Waals surface area contributed by atoms with Gasteiger partial charge in [-0.1, -0.05) is 53.2 Å². The number of benzene rings is 2. The van der Waals surface area contributed by atoms with Crippen molar-refractivity contribution in [3.63, 3.8) is 0 Å². The van der Waals surface area contributed by atoms with E-state index in [1.807, 2.05) is 0 Å². The van der Waals surface area contributed by atoms with Crippen molar-refractivity contribution in [2.24, 2.45) is 0 Å². The van der Waals surface area contributed by atoms with Gasteiger partial charge in [0.1, 0.15) is 0 Å². The zero-order valence-electron chi connectivity index (χ0n) is 12.0. The van der Waals surface area contributed by atoms with Crippen molar-refractivity contribution in [2.45, 2.75) is 32.6 Å². The second-order valence-electron chi connectivity index (χ2n) is 5.02. The van der Waals surface area contributed by atoms with Crippen LogP contribution in [0.25, 0.3) is 0 Å². The average molecular weight is 332 g/mol. The molecule has 0 unspecified atom stereocenters. The predicted molar refractivity (Wildman–Crippen MR) is 91.4 cm³/mol. The minimum Gasteiger partial charge on any atom is -0.385 e. The van der Waals surface area contributed by atoms with Gasteiger partial charge in [-0.05, 0) is 55.0 Å². The average Bonchev–Trinajstić information content (AvgIpc) is 2.49. The van der Waals surface area contributed by atoms with Gasteiger partial charge in [-0.25, -0.2) is 0 Å². The highest BCUT2D eigenvalue weighted by atomic mass is 79.9. The maximum absolute atomic E-state index is 3.56. The smallest absolute Gasteiger partial charge is 0.0373 e. The molecule has 2 rings (SSSR count). The first-order chi connectivity index (χ1) is 9.79. The van der Waals surface area contributed by atoms with Crippen molar-refractivity contribution in [3.05, 3.63) is 64.1 Å². The predicted octanol–water partition coefficient (Wildman–Crippen LogP) is 5.45. The maximum Gasteiger partial charge on any atom is 0.0373 e. The molecule has 0 radical (unpaired) electrons. The van der Waals surface area contributed by atoms with E-state index in [1.54, 1.807) is 0 Å². The van der Waals surface area contributed by atoms with Gasteiger partial charge in [0.25, 0.3) is 0 Å². The van der Waals surface area contributed by atoms with Gasteiger partial charge in [0.2, 0.25) is 0 Å². The molecule has 0 aromatic heterocycles. The van der Waals surface area contributed by atoms with E-state index < -0.39 is 0 Å². The van der Waals surface area contributed by atoms with E-state index in [4.69, 9.17) is 0 Å². The molecule has 0 bridgehead atoms. The quantitative estimate of drug-likeness (QED) is 0.665. The van der Waals surface area contributed by atoms with Crippen molar-refractivity contribution in [2.75, 3.05) is 11.9 Å². The summed E-state index contributed by atoms with van der Waals surface area (Å²) in [5.74, 6) is 0. The van der Waals surface area contributed by atoms with E-state index >= 15 is 0 Å². The summed E-state index contributed by atoms with van der Waals surface area (Å²) >= 11 is 3.53. The summed E-state index contributed by atoms with van der Waals surface area (Å²) in [5.41, 5.74) is 4.09. The summed E-state index contributed by atoms with van der Waals surface area (Å²) in [6.45, 7) is 3.24. The largest absolute Gasteiger partial charge is 0.385 e. The number of hydrogen-bond acceptors (Lipinski definition) is 1. The van der Waals surface area contributed by atoms with Crippen molar-refractivity contribution in [1.29, 1.82) is 0 Å². The summed E-state index contributed by atoms with van der Waals surface area (Å²) in [6, 6.07) is 17.2. The van der Waals surface area contributed by atoms with Gasteiger partial charge in [-0.2, -0.15) is 0 Å². The highest BCUT2D eigenvalue weighted by Gasteiger charge is 2.01. The fraction of sp³-hybridized carbons (Fsp3) is 0.333. The van der Waals surface area contributed by atoms with Crippen molar-refractivity contribution >= 4 is 21.6 Å². The van der Waals surface area contributed by atoms with Gasteiger partial charge in [0, 0.05) is 16.7 Å². The standard InChI is InChI=1S/C18H22BrN/c1-2-16-14-17(19)11-12-18(16)20-13-7-6-10-15-8-4-3-5-9-15/h3-5,8-9,11-12,14,20H,2,6-7,10,13H2,1H3. The maximum atomic E-state index is 3.56. The van der Waals surface area contributed by atoms with Crippen LogP contribution in [0, 0.1) is 0 Å². The Morgan fingerprint density at radius 2 is 1.80 bits per heavy atom. The summed E-state index contributed by atoms with van der Waals surface area (Å²) in [5, 5.41) is 3.56. The molecule has 0 amide bonds. The molecule has 0 aliphatic rings. The Morgan fingerprint density at radius 3 is 2.55 bits per heavy atom. The summed E-state index contributed by atoms with van der Waals surface area (Å²) < 4.78 is 1.16. The van der Waals surface area contributed by atoms with Crippen molar-refractivity contribution in [1.82, 2.24) is 0 Å². The highest BCUT2D eigenvalue weighted by molar-refractivity contribution is 9.10. The number of rotatable bonds is 7. The summed E-state index contributed by atoms with van der Waals surface area (Å²) in [6.07, 6.45) is 4.67. The van der Waals surface area contributed by atoms with Crippen LogP contribution in [-0.2, 0) is 12.8 Å². The number of hydrogen-bond donors (Lipinski definition) is 1. The minimum absolute atomic E-state index is 1.04. The van der Waals surface area contributed by atoms with E-state index in [0.717, 1.165) is 17.4 Å². The van der Waals surface area contributed by atoms with Crippen LogP contribution in [0.1, 0.15) is 30.9 Å². The van der Waals surface area contributed by atoms with Crippen LogP contribution in [-0.4, -0.2) is 6.54 Å². The first kappa shape index (κ1) is 15.1. The topological polar surface area (TPSA) is 12.0 Å². The molecular formula is C18H22BrN. The fourth-order valence-corrected chi connectivity index (χ4v) is 2.76. The minimum atomic E-state index is 1.04. The Hall–Kier alpha value is -1.28. The van der Waals surface area contributed by atoms with E-state index in [0.29, 0.717) is 0 Å².